The first kappa shape index (κ1) is 32.2. The molecule has 0 bridgehead atoms. The van der Waals surface area contributed by atoms with Crippen LogP contribution in [0.25, 0.3) is 5.78 Å². The number of ether oxygens (including phenoxy) is 2. The summed E-state index contributed by atoms with van der Waals surface area (Å²) in [4.78, 5) is 35.7. The Balaban J connectivity index is 1.35. The summed E-state index contributed by atoms with van der Waals surface area (Å²) < 4.78 is 56.9. The van der Waals surface area contributed by atoms with Gasteiger partial charge in [0.25, 0.3) is 17.3 Å². The topological polar surface area (TPSA) is 138 Å². The van der Waals surface area contributed by atoms with Gasteiger partial charge in [-0.1, -0.05) is 18.5 Å². The van der Waals surface area contributed by atoms with E-state index in [0.29, 0.717) is 80.3 Å². The summed E-state index contributed by atoms with van der Waals surface area (Å²) in [5.74, 6) is -0.698. The Morgan fingerprint density at radius 2 is 1.98 bits per heavy atom. The van der Waals surface area contributed by atoms with Crippen molar-refractivity contribution in [2.45, 2.75) is 80.2 Å². The minimum Gasteiger partial charge on any atom is -0.381 e. The molecular formula is C28H37F3N8O4P2. The number of amides is 2. The number of rotatable bonds is 8. The van der Waals surface area contributed by atoms with E-state index in [1.165, 1.54) is 24.6 Å². The van der Waals surface area contributed by atoms with Crippen LogP contribution in [0.3, 0.4) is 0 Å². The lowest BCUT2D eigenvalue weighted by Crippen LogP contribution is -2.54. The predicted octanol–water partition coefficient (Wildman–Crippen LogP) is 2.85. The van der Waals surface area contributed by atoms with E-state index >= 15 is 0 Å². The number of alkyl halides is 3. The van der Waals surface area contributed by atoms with Crippen molar-refractivity contribution >= 4 is 36.1 Å². The van der Waals surface area contributed by atoms with Gasteiger partial charge in [0.2, 0.25) is 5.91 Å². The van der Waals surface area contributed by atoms with Crippen LogP contribution in [-0.4, -0.2) is 84.2 Å². The van der Waals surface area contributed by atoms with Gasteiger partial charge < -0.3 is 20.1 Å². The Morgan fingerprint density at radius 3 is 2.64 bits per heavy atom. The Bertz CT molecular complexity index is 1550. The van der Waals surface area contributed by atoms with Crippen LogP contribution in [0, 0.1) is 5.92 Å². The van der Waals surface area contributed by atoms with E-state index in [1.54, 1.807) is 19.3 Å². The first-order chi connectivity index (χ1) is 21.4. The van der Waals surface area contributed by atoms with Crippen molar-refractivity contribution in [3.05, 3.63) is 41.2 Å². The normalized spacial score (nSPS) is 27.3. The molecular weight excluding hydrogens is 631 g/mol. The molecule has 5 heterocycles. The van der Waals surface area contributed by atoms with E-state index in [-0.39, 0.29) is 30.7 Å². The van der Waals surface area contributed by atoms with Crippen molar-refractivity contribution in [1.29, 1.82) is 0 Å². The highest BCUT2D eigenvalue weighted by molar-refractivity contribution is 7.18. The molecule has 2 aliphatic heterocycles. The summed E-state index contributed by atoms with van der Waals surface area (Å²) in [6.07, 6.45) is 3.48. The lowest BCUT2D eigenvalue weighted by Gasteiger charge is -2.35. The monoisotopic (exact) mass is 668 g/mol. The van der Waals surface area contributed by atoms with E-state index in [2.05, 4.69) is 25.0 Å². The van der Waals surface area contributed by atoms with Gasteiger partial charge in [-0.05, 0) is 50.5 Å². The molecule has 5 atom stereocenters. The molecule has 0 aromatic carbocycles. The second kappa shape index (κ2) is 12.8. The largest absolute Gasteiger partial charge is 0.381 e. The molecule has 244 valence electrons. The van der Waals surface area contributed by atoms with Crippen molar-refractivity contribution in [3.63, 3.8) is 0 Å². The maximum absolute atomic E-state index is 14.7. The van der Waals surface area contributed by atoms with Gasteiger partial charge >= 0.3 is 0 Å². The molecule has 1 aliphatic carbocycles. The van der Waals surface area contributed by atoms with Crippen molar-refractivity contribution in [2.24, 2.45) is 13.0 Å². The number of carbonyl (C=O) groups excluding carboxylic acids is 2. The number of nitrogens with one attached hydrogen (secondary N) is 2. The minimum atomic E-state index is -3.23. The summed E-state index contributed by atoms with van der Waals surface area (Å²) in [7, 11) is 5.44. The van der Waals surface area contributed by atoms with Crippen LogP contribution in [0.15, 0.2) is 18.5 Å². The Morgan fingerprint density at radius 1 is 1.24 bits per heavy atom. The summed E-state index contributed by atoms with van der Waals surface area (Å²) in [6, 6.07) is 1.05. The van der Waals surface area contributed by atoms with Gasteiger partial charge in [0, 0.05) is 38.8 Å². The predicted molar refractivity (Wildman–Crippen MR) is 163 cm³/mol. The summed E-state index contributed by atoms with van der Waals surface area (Å²) in [5.41, 5.74) is -1.31. The maximum Gasteiger partial charge on any atom is 0.286 e. The molecule has 2 saturated heterocycles. The fraction of sp³-hybridized carbons (Fsp3) is 0.643. The summed E-state index contributed by atoms with van der Waals surface area (Å²) in [5, 5.41) is 13.1. The minimum absolute atomic E-state index is 0.0459. The zero-order valence-electron chi connectivity index (χ0n) is 24.8. The average Bonchev–Trinajstić information content (AvgIpc) is 3.62. The van der Waals surface area contributed by atoms with Gasteiger partial charge in [0.15, 0.2) is 0 Å². The van der Waals surface area contributed by atoms with Gasteiger partial charge in [0.1, 0.15) is 23.3 Å². The Labute approximate surface area is 262 Å². The second-order valence-corrected chi connectivity index (χ2v) is 13.9. The van der Waals surface area contributed by atoms with Gasteiger partial charge in [-0.15, -0.1) is 0 Å². The fourth-order valence-corrected chi connectivity index (χ4v) is 6.86. The van der Waals surface area contributed by atoms with Crippen LogP contribution in [0.2, 0.25) is 0 Å². The number of morpholine rings is 1. The number of aryl methyl sites for hydroxylation is 1. The molecule has 3 fully saturated rings. The third kappa shape index (κ3) is 7.16. The molecule has 0 radical (unpaired) electrons. The highest BCUT2D eigenvalue weighted by Gasteiger charge is 2.43. The molecule has 12 nitrogen and oxygen atoms in total. The molecule has 3 aliphatic rings. The maximum atomic E-state index is 14.7. The molecule has 5 unspecified atom stereocenters. The summed E-state index contributed by atoms with van der Waals surface area (Å²) in [6.45, 7) is 0.740. The van der Waals surface area contributed by atoms with E-state index in [0.717, 1.165) is 0 Å². The number of hydrogen-bond donors (Lipinski definition) is 2. The molecule has 1 saturated carbocycles. The van der Waals surface area contributed by atoms with Gasteiger partial charge in [-0.25, -0.2) is 18.9 Å². The Hall–Kier alpha value is -2.73. The van der Waals surface area contributed by atoms with E-state index in [4.69, 9.17) is 24.5 Å². The van der Waals surface area contributed by atoms with E-state index in [9.17, 15) is 22.8 Å². The lowest BCUT2D eigenvalue weighted by molar-refractivity contribution is -0.160. The molecule has 45 heavy (non-hydrogen) atoms. The highest BCUT2D eigenvalue weighted by Crippen LogP contribution is 2.44. The molecule has 2 amide bonds. The molecule has 2 N–H and O–H groups in total. The Kier molecular flexibility index (Phi) is 9.17. The first-order valence-electron chi connectivity index (χ1n) is 15.1. The van der Waals surface area contributed by atoms with Gasteiger partial charge in [0.05, 0.1) is 35.9 Å². The van der Waals surface area contributed by atoms with Crippen molar-refractivity contribution < 1.29 is 32.2 Å². The number of aromatic nitrogens is 6. The SMILES string of the molecule is Cn1nccc1C(=O)NC(c1cn2nc(CC3OC(C(F)(F)P)CNC3=O)c(C3CCOCC3)nc2n1)C1CCC(F)(P)CC1. The van der Waals surface area contributed by atoms with Gasteiger partial charge in [-0.3, -0.25) is 14.3 Å². The third-order valence-corrected chi connectivity index (χ3v) is 9.87. The van der Waals surface area contributed by atoms with Crippen molar-refractivity contribution in [2.75, 3.05) is 19.8 Å². The molecule has 0 spiro atoms. The number of carbonyl (C=O) groups is 2. The standard InChI is InChI=1S/C28H37F3N8O4P2/c1-38-19(4-9-33-38)24(40)35-23(15-2-7-27(29,44)8-3-15)18-14-39-26(34-18)36-22(16-5-10-42-11-6-16)17(37-39)12-20-25(41)32-13-21(43-20)28(30,31)45/h4,9,14-16,20-21,23H,2-3,5-8,10-13,44-45H2,1H3,(H,32,41)(H,35,40). The number of fused-ring (bicyclic) bond motifs is 1. The molecule has 3 aromatic rings. The van der Waals surface area contributed by atoms with Crippen LogP contribution in [0.5, 0.6) is 0 Å². The zero-order chi connectivity index (χ0) is 31.9. The van der Waals surface area contributed by atoms with Crippen LogP contribution < -0.4 is 10.6 Å². The zero-order valence-corrected chi connectivity index (χ0v) is 27.1. The lowest BCUT2D eigenvalue weighted by atomic mass is 9.81. The van der Waals surface area contributed by atoms with Crippen LogP contribution in [0.1, 0.15) is 78.1 Å². The molecule has 6 rings (SSSR count). The summed E-state index contributed by atoms with van der Waals surface area (Å²) >= 11 is 0. The van der Waals surface area contributed by atoms with E-state index in [1.807, 2.05) is 0 Å². The average molecular weight is 669 g/mol. The van der Waals surface area contributed by atoms with Crippen LogP contribution in [0.4, 0.5) is 13.2 Å². The molecule has 3 aromatic heterocycles. The number of halogens is 3. The number of imidazole rings is 1. The second-order valence-electron chi connectivity index (χ2n) is 12.1. The third-order valence-electron chi connectivity index (χ3n) is 8.92. The first-order valence-corrected chi connectivity index (χ1v) is 16.2. The highest BCUT2D eigenvalue weighted by atomic mass is 31.0. The van der Waals surface area contributed by atoms with Crippen LogP contribution in [-0.2, 0) is 27.7 Å². The fourth-order valence-electron chi connectivity index (χ4n) is 6.33. The number of hydrogen-bond acceptors (Lipinski definition) is 8. The van der Waals surface area contributed by atoms with Gasteiger partial charge in [-0.2, -0.15) is 19.0 Å². The van der Waals surface area contributed by atoms with Crippen molar-refractivity contribution in [1.82, 2.24) is 40.0 Å². The van der Waals surface area contributed by atoms with Crippen molar-refractivity contribution in [3.8, 4) is 0 Å². The quantitative estimate of drug-likeness (QED) is 0.350. The smallest absolute Gasteiger partial charge is 0.286 e. The molecule has 17 heteroatoms. The van der Waals surface area contributed by atoms with E-state index < -0.39 is 35.2 Å². The number of nitrogens with zero attached hydrogens (tertiary/aromatic N) is 6. The van der Waals surface area contributed by atoms with Crippen LogP contribution >= 0.6 is 18.5 Å².